The average molecular weight is 498 g/mol. The molecule has 1 fully saturated rings. The Morgan fingerprint density at radius 2 is 2.04 bits per heavy atom. The zero-order valence-corrected chi connectivity index (χ0v) is 18.7. The van der Waals surface area contributed by atoms with Gasteiger partial charge >= 0.3 is 0 Å². The van der Waals surface area contributed by atoms with Gasteiger partial charge in [-0.05, 0) is 50.5 Å². The van der Waals surface area contributed by atoms with Gasteiger partial charge in [0, 0.05) is 34.0 Å². The molecule has 2 rings (SSSR count). The van der Waals surface area contributed by atoms with E-state index in [-0.39, 0.29) is 29.8 Å². The number of carbonyl (C=O) groups is 3. The lowest BCUT2D eigenvalue weighted by atomic mass is 9.90. The largest absolute Gasteiger partial charge is 0.351 e. The molecule has 2 unspecified atom stereocenters. The average Bonchev–Trinajstić information content (AvgIpc) is 2.86. The van der Waals surface area contributed by atoms with Crippen LogP contribution < -0.4 is 5.32 Å². The summed E-state index contributed by atoms with van der Waals surface area (Å²) in [5.41, 5.74) is 2.00. The molecule has 0 aliphatic heterocycles. The SMILES string of the molecule is C/C=C\N=C(C)C(=O)NCCC1CC(=O)C(c2c(C)cc(Br)cc2Br)C1=O. The highest BCUT2D eigenvalue weighted by atomic mass is 79.9. The number of hydrogen-bond acceptors (Lipinski definition) is 4. The highest BCUT2D eigenvalue weighted by Gasteiger charge is 2.43. The third-order valence-electron chi connectivity index (χ3n) is 4.57. The summed E-state index contributed by atoms with van der Waals surface area (Å²) in [6.07, 6.45) is 3.95. The van der Waals surface area contributed by atoms with Crippen LogP contribution in [0.4, 0.5) is 0 Å². The maximum atomic E-state index is 12.9. The molecule has 1 aromatic rings. The minimum absolute atomic E-state index is 0.0618. The van der Waals surface area contributed by atoms with E-state index in [0.29, 0.717) is 18.7 Å². The molecule has 2 atom stereocenters. The number of allylic oxidation sites excluding steroid dienone is 1. The maximum Gasteiger partial charge on any atom is 0.265 e. The Balaban J connectivity index is 2.04. The van der Waals surface area contributed by atoms with Crippen LogP contribution in [0.2, 0.25) is 0 Å². The summed E-state index contributed by atoms with van der Waals surface area (Å²) in [5.74, 6) is -1.50. The van der Waals surface area contributed by atoms with E-state index in [2.05, 4.69) is 42.2 Å². The number of Topliss-reactive ketones (excluding diaryl/α,β-unsaturated/α-hetero) is 2. The van der Waals surface area contributed by atoms with Crippen molar-refractivity contribution in [2.45, 2.75) is 39.5 Å². The first-order valence-electron chi connectivity index (χ1n) is 8.72. The number of amides is 1. The van der Waals surface area contributed by atoms with Gasteiger partial charge in [0.25, 0.3) is 5.91 Å². The molecule has 1 aromatic carbocycles. The maximum absolute atomic E-state index is 12.9. The molecule has 0 bridgehead atoms. The third-order valence-corrected chi connectivity index (χ3v) is 5.68. The molecular formula is C20H22Br2N2O3. The Bertz CT molecular complexity index is 808. The number of benzene rings is 1. The highest BCUT2D eigenvalue weighted by Crippen LogP contribution is 2.39. The van der Waals surface area contributed by atoms with Crippen LogP contribution in [-0.2, 0) is 14.4 Å². The van der Waals surface area contributed by atoms with Crippen molar-refractivity contribution in [3.8, 4) is 0 Å². The summed E-state index contributed by atoms with van der Waals surface area (Å²) in [4.78, 5) is 41.3. The van der Waals surface area contributed by atoms with E-state index < -0.39 is 5.92 Å². The molecular weight excluding hydrogens is 476 g/mol. The molecule has 0 spiro atoms. The summed E-state index contributed by atoms with van der Waals surface area (Å²) < 4.78 is 1.65. The van der Waals surface area contributed by atoms with E-state index in [9.17, 15) is 14.4 Å². The fraction of sp³-hybridized carbons (Fsp3) is 0.400. The Labute approximate surface area is 176 Å². The van der Waals surface area contributed by atoms with Crippen molar-refractivity contribution in [1.29, 1.82) is 0 Å². The lowest BCUT2D eigenvalue weighted by Crippen LogP contribution is -2.31. The third kappa shape index (κ3) is 5.23. The van der Waals surface area contributed by atoms with Crippen molar-refractivity contribution in [2.24, 2.45) is 10.9 Å². The summed E-state index contributed by atoms with van der Waals surface area (Å²) in [7, 11) is 0. The second-order valence-electron chi connectivity index (χ2n) is 6.56. The van der Waals surface area contributed by atoms with Gasteiger partial charge in [0.05, 0.1) is 0 Å². The van der Waals surface area contributed by atoms with Crippen molar-refractivity contribution in [1.82, 2.24) is 5.32 Å². The van der Waals surface area contributed by atoms with E-state index in [1.165, 1.54) is 0 Å². The number of hydrogen-bond donors (Lipinski definition) is 1. The Morgan fingerprint density at radius 1 is 1.33 bits per heavy atom. The zero-order chi connectivity index (χ0) is 20.1. The van der Waals surface area contributed by atoms with Crippen molar-refractivity contribution >= 4 is 55.0 Å². The molecule has 1 amide bonds. The lowest BCUT2D eigenvalue weighted by molar-refractivity contribution is -0.125. The van der Waals surface area contributed by atoms with Gasteiger partial charge in [-0.2, -0.15) is 0 Å². The molecule has 7 heteroatoms. The number of nitrogens with one attached hydrogen (secondary N) is 1. The van der Waals surface area contributed by atoms with Crippen LogP contribution in [0.25, 0.3) is 0 Å². The second kappa shape index (κ2) is 9.55. The first kappa shape index (κ1) is 21.7. The molecule has 1 aliphatic carbocycles. The first-order chi connectivity index (χ1) is 12.8. The monoisotopic (exact) mass is 496 g/mol. The topological polar surface area (TPSA) is 75.6 Å². The fourth-order valence-corrected chi connectivity index (χ4v) is 4.88. The minimum Gasteiger partial charge on any atom is -0.351 e. The number of carbonyl (C=O) groups excluding carboxylic acids is 3. The molecule has 5 nitrogen and oxygen atoms in total. The number of halogens is 2. The number of aliphatic imine (C=N–C) groups is 1. The minimum atomic E-state index is -0.730. The highest BCUT2D eigenvalue weighted by molar-refractivity contribution is 9.11. The van der Waals surface area contributed by atoms with Crippen LogP contribution in [0.5, 0.6) is 0 Å². The standard InChI is InChI=1S/C20H22Br2N2O3/c1-4-6-23-12(3)20(27)24-7-5-13-9-16(25)18(19(13)26)17-11(2)8-14(21)10-15(17)22/h4,6,8,10,13,18H,5,7,9H2,1-3H3,(H,24,27)/b6-4-,23-12?. The van der Waals surface area contributed by atoms with Crippen LogP contribution in [0, 0.1) is 12.8 Å². The molecule has 144 valence electrons. The second-order valence-corrected chi connectivity index (χ2v) is 8.33. The van der Waals surface area contributed by atoms with Crippen LogP contribution in [0.3, 0.4) is 0 Å². The van der Waals surface area contributed by atoms with Crippen LogP contribution in [0.1, 0.15) is 43.7 Å². The van der Waals surface area contributed by atoms with Gasteiger partial charge in [-0.3, -0.25) is 19.4 Å². The number of nitrogens with zero attached hydrogens (tertiary/aromatic N) is 1. The smallest absolute Gasteiger partial charge is 0.265 e. The van der Waals surface area contributed by atoms with Crippen molar-refractivity contribution in [3.63, 3.8) is 0 Å². The van der Waals surface area contributed by atoms with Gasteiger partial charge in [0.1, 0.15) is 17.4 Å². The summed E-state index contributed by atoms with van der Waals surface area (Å²) in [5, 5.41) is 2.76. The first-order valence-corrected chi connectivity index (χ1v) is 10.3. The lowest BCUT2D eigenvalue weighted by Gasteiger charge is -2.15. The Morgan fingerprint density at radius 3 is 2.67 bits per heavy atom. The van der Waals surface area contributed by atoms with Gasteiger partial charge in [0.2, 0.25) is 0 Å². The quantitative estimate of drug-likeness (QED) is 0.471. The number of rotatable bonds is 6. The predicted molar refractivity (Wildman–Crippen MR) is 113 cm³/mol. The summed E-state index contributed by atoms with van der Waals surface area (Å²) in [6, 6.07) is 3.75. The number of ketones is 2. The van der Waals surface area contributed by atoms with Gasteiger partial charge in [-0.25, -0.2) is 0 Å². The molecule has 1 saturated carbocycles. The van der Waals surface area contributed by atoms with E-state index in [1.54, 1.807) is 19.2 Å². The fourth-order valence-electron chi connectivity index (χ4n) is 3.22. The van der Waals surface area contributed by atoms with Gasteiger partial charge in [0.15, 0.2) is 5.78 Å². The van der Waals surface area contributed by atoms with E-state index in [1.807, 2.05) is 26.0 Å². The molecule has 1 N–H and O–H groups in total. The van der Waals surface area contributed by atoms with E-state index in [0.717, 1.165) is 20.1 Å². The van der Waals surface area contributed by atoms with Gasteiger partial charge < -0.3 is 5.32 Å². The van der Waals surface area contributed by atoms with Crippen LogP contribution >= 0.6 is 31.9 Å². The Kier molecular flexibility index (Phi) is 7.68. The van der Waals surface area contributed by atoms with Crippen molar-refractivity contribution in [3.05, 3.63) is 44.5 Å². The van der Waals surface area contributed by atoms with Crippen molar-refractivity contribution < 1.29 is 14.4 Å². The van der Waals surface area contributed by atoms with Gasteiger partial charge in [-0.1, -0.05) is 37.9 Å². The molecule has 0 radical (unpaired) electrons. The molecule has 27 heavy (non-hydrogen) atoms. The molecule has 0 saturated heterocycles. The Hall–Kier alpha value is -1.60. The normalized spacial score (nSPS) is 20.6. The predicted octanol–water partition coefficient (Wildman–Crippen LogP) is 4.26. The molecule has 0 heterocycles. The van der Waals surface area contributed by atoms with Gasteiger partial charge in [-0.15, -0.1) is 0 Å². The summed E-state index contributed by atoms with van der Waals surface area (Å²) in [6.45, 7) is 5.67. The van der Waals surface area contributed by atoms with Crippen LogP contribution in [0.15, 0.2) is 38.3 Å². The van der Waals surface area contributed by atoms with Crippen molar-refractivity contribution in [2.75, 3.05) is 6.54 Å². The zero-order valence-electron chi connectivity index (χ0n) is 15.5. The number of aryl methyl sites for hydroxylation is 1. The summed E-state index contributed by atoms with van der Waals surface area (Å²) >= 11 is 6.90. The molecule has 1 aliphatic rings. The van der Waals surface area contributed by atoms with Crippen LogP contribution in [-0.4, -0.2) is 29.7 Å². The molecule has 0 aromatic heterocycles. The van der Waals surface area contributed by atoms with E-state index in [4.69, 9.17) is 0 Å². The van der Waals surface area contributed by atoms with E-state index >= 15 is 0 Å².